The van der Waals surface area contributed by atoms with Crippen LogP contribution in [0.25, 0.3) is 0 Å². The number of fused-ring (bicyclic) bond motifs is 1. The highest BCUT2D eigenvalue weighted by Gasteiger charge is 2.19. The van der Waals surface area contributed by atoms with Crippen LogP contribution in [0.5, 0.6) is 0 Å². The lowest BCUT2D eigenvalue weighted by Crippen LogP contribution is -2.19. The standard InChI is InChI=1S/C12H20N2OS/c1-2-16(15)9-8-14-7-6-10-11(13)4-3-5-12(10)14/h6-7,11H,2-5,8-9,13H2,1H3. The summed E-state index contributed by atoms with van der Waals surface area (Å²) in [7, 11) is -0.673. The van der Waals surface area contributed by atoms with Gasteiger partial charge in [0, 0.05) is 46.8 Å². The molecular formula is C12H20N2OS. The van der Waals surface area contributed by atoms with E-state index in [4.69, 9.17) is 5.73 Å². The van der Waals surface area contributed by atoms with Crippen LogP contribution in [0.15, 0.2) is 12.3 Å². The summed E-state index contributed by atoms with van der Waals surface area (Å²) >= 11 is 0. The lowest BCUT2D eigenvalue weighted by Gasteiger charge is -2.20. The van der Waals surface area contributed by atoms with Crippen LogP contribution in [-0.4, -0.2) is 20.3 Å². The maximum Gasteiger partial charge on any atom is 0.0414 e. The van der Waals surface area contributed by atoms with Crippen molar-refractivity contribution in [2.24, 2.45) is 5.73 Å². The van der Waals surface area contributed by atoms with Crippen LogP contribution >= 0.6 is 0 Å². The molecule has 2 N–H and O–H groups in total. The first-order chi connectivity index (χ1) is 7.72. The van der Waals surface area contributed by atoms with Crippen molar-refractivity contribution in [1.82, 2.24) is 4.57 Å². The van der Waals surface area contributed by atoms with E-state index in [1.807, 2.05) is 6.92 Å². The molecule has 1 aliphatic carbocycles. The number of aromatic nitrogens is 1. The lowest BCUT2D eigenvalue weighted by molar-refractivity contribution is 0.545. The van der Waals surface area contributed by atoms with E-state index in [1.54, 1.807) is 0 Å². The lowest BCUT2D eigenvalue weighted by atomic mass is 9.94. The van der Waals surface area contributed by atoms with E-state index in [0.29, 0.717) is 0 Å². The van der Waals surface area contributed by atoms with Crippen molar-refractivity contribution in [3.63, 3.8) is 0 Å². The zero-order valence-electron chi connectivity index (χ0n) is 9.82. The van der Waals surface area contributed by atoms with Crippen LogP contribution in [0.4, 0.5) is 0 Å². The van der Waals surface area contributed by atoms with Gasteiger partial charge in [0.15, 0.2) is 0 Å². The largest absolute Gasteiger partial charge is 0.350 e. The molecule has 1 aliphatic rings. The summed E-state index contributed by atoms with van der Waals surface area (Å²) in [5.41, 5.74) is 8.74. The summed E-state index contributed by atoms with van der Waals surface area (Å²) in [4.78, 5) is 0. The summed E-state index contributed by atoms with van der Waals surface area (Å²) < 4.78 is 13.7. The summed E-state index contributed by atoms with van der Waals surface area (Å²) in [6.07, 6.45) is 5.49. The van der Waals surface area contributed by atoms with E-state index in [9.17, 15) is 4.21 Å². The van der Waals surface area contributed by atoms with Crippen molar-refractivity contribution in [1.29, 1.82) is 0 Å². The summed E-state index contributed by atoms with van der Waals surface area (Å²) in [6.45, 7) is 2.83. The second kappa shape index (κ2) is 5.15. The molecule has 2 atom stereocenters. The molecule has 1 heterocycles. The van der Waals surface area contributed by atoms with Crippen LogP contribution in [0.2, 0.25) is 0 Å². The number of nitrogens with zero attached hydrogens (tertiary/aromatic N) is 1. The zero-order valence-corrected chi connectivity index (χ0v) is 10.6. The highest BCUT2D eigenvalue weighted by atomic mass is 32.2. The Balaban J connectivity index is 2.08. The molecule has 4 heteroatoms. The first-order valence-electron chi connectivity index (χ1n) is 6.00. The molecule has 0 spiro atoms. The van der Waals surface area contributed by atoms with Crippen molar-refractivity contribution >= 4 is 10.8 Å². The van der Waals surface area contributed by atoms with E-state index in [1.165, 1.54) is 17.7 Å². The molecule has 0 radical (unpaired) electrons. The molecule has 1 aromatic rings. The Kier molecular flexibility index (Phi) is 3.82. The number of nitrogens with two attached hydrogens (primary N) is 1. The van der Waals surface area contributed by atoms with Gasteiger partial charge in [-0.25, -0.2) is 0 Å². The predicted molar refractivity (Wildman–Crippen MR) is 67.8 cm³/mol. The molecule has 0 aliphatic heterocycles. The smallest absolute Gasteiger partial charge is 0.0414 e. The second-order valence-corrected chi connectivity index (χ2v) is 6.21. The molecule has 1 aromatic heterocycles. The monoisotopic (exact) mass is 240 g/mol. The van der Waals surface area contributed by atoms with Gasteiger partial charge >= 0.3 is 0 Å². The fourth-order valence-electron chi connectivity index (χ4n) is 2.35. The molecule has 16 heavy (non-hydrogen) atoms. The fraction of sp³-hybridized carbons (Fsp3) is 0.667. The van der Waals surface area contributed by atoms with E-state index >= 15 is 0 Å². The molecule has 2 unspecified atom stereocenters. The van der Waals surface area contributed by atoms with Gasteiger partial charge in [-0.2, -0.15) is 0 Å². The normalized spacial score (nSPS) is 21.8. The molecule has 0 fully saturated rings. The summed E-state index contributed by atoms with van der Waals surface area (Å²) in [6, 6.07) is 2.34. The van der Waals surface area contributed by atoms with Crippen molar-refractivity contribution in [2.75, 3.05) is 11.5 Å². The summed E-state index contributed by atoms with van der Waals surface area (Å²) in [5.74, 6) is 1.51. The Bertz CT molecular complexity index is 386. The SMILES string of the molecule is CCS(=O)CCn1ccc2c1CCCC2N. The third kappa shape index (κ3) is 2.38. The van der Waals surface area contributed by atoms with Gasteiger partial charge in [-0.3, -0.25) is 4.21 Å². The minimum absolute atomic E-state index is 0.210. The van der Waals surface area contributed by atoms with Crippen LogP contribution in [-0.2, 0) is 23.8 Å². The third-order valence-corrected chi connectivity index (χ3v) is 4.61. The molecule has 0 saturated carbocycles. The second-order valence-electron chi connectivity index (χ2n) is 4.34. The molecular weight excluding hydrogens is 220 g/mol. The number of rotatable bonds is 4. The van der Waals surface area contributed by atoms with Crippen molar-refractivity contribution < 1.29 is 4.21 Å². The highest BCUT2D eigenvalue weighted by Crippen LogP contribution is 2.28. The first-order valence-corrected chi connectivity index (χ1v) is 7.49. The van der Waals surface area contributed by atoms with Crippen LogP contribution in [0, 0.1) is 0 Å². The quantitative estimate of drug-likeness (QED) is 0.869. The third-order valence-electron chi connectivity index (χ3n) is 3.32. The van der Waals surface area contributed by atoms with Gasteiger partial charge in [0.05, 0.1) is 0 Å². The molecule has 90 valence electrons. The topological polar surface area (TPSA) is 48.0 Å². The molecule has 0 bridgehead atoms. The predicted octanol–water partition coefficient (Wildman–Crippen LogP) is 1.59. The number of hydrogen-bond acceptors (Lipinski definition) is 2. The Morgan fingerprint density at radius 1 is 1.62 bits per heavy atom. The minimum Gasteiger partial charge on any atom is -0.350 e. The van der Waals surface area contributed by atoms with Gasteiger partial charge in [0.1, 0.15) is 0 Å². The Labute approximate surface area is 99.5 Å². The fourth-order valence-corrected chi connectivity index (χ4v) is 3.04. The average Bonchev–Trinajstić information content (AvgIpc) is 2.70. The Morgan fingerprint density at radius 3 is 3.19 bits per heavy atom. The molecule has 0 aromatic carbocycles. The van der Waals surface area contributed by atoms with Crippen LogP contribution in [0.3, 0.4) is 0 Å². The van der Waals surface area contributed by atoms with Gasteiger partial charge in [-0.05, 0) is 30.9 Å². The van der Waals surface area contributed by atoms with E-state index in [2.05, 4.69) is 16.8 Å². The maximum atomic E-state index is 11.4. The molecule has 2 rings (SSSR count). The van der Waals surface area contributed by atoms with Gasteiger partial charge in [-0.1, -0.05) is 6.92 Å². The zero-order chi connectivity index (χ0) is 11.5. The first kappa shape index (κ1) is 11.9. The molecule has 0 saturated heterocycles. The van der Waals surface area contributed by atoms with Gasteiger partial charge in [0.2, 0.25) is 0 Å². The molecule has 0 amide bonds. The van der Waals surface area contributed by atoms with Gasteiger partial charge < -0.3 is 10.3 Å². The van der Waals surface area contributed by atoms with Crippen LogP contribution in [0.1, 0.15) is 37.1 Å². The summed E-state index contributed by atoms with van der Waals surface area (Å²) in [5, 5.41) is 0. The van der Waals surface area contributed by atoms with Gasteiger partial charge in [-0.15, -0.1) is 0 Å². The van der Waals surface area contributed by atoms with E-state index in [-0.39, 0.29) is 6.04 Å². The van der Waals surface area contributed by atoms with Crippen molar-refractivity contribution in [3.8, 4) is 0 Å². The molecule has 3 nitrogen and oxygen atoms in total. The minimum atomic E-state index is -0.673. The van der Waals surface area contributed by atoms with E-state index in [0.717, 1.165) is 30.9 Å². The maximum absolute atomic E-state index is 11.4. The van der Waals surface area contributed by atoms with E-state index < -0.39 is 10.8 Å². The highest BCUT2D eigenvalue weighted by molar-refractivity contribution is 7.84. The Morgan fingerprint density at radius 2 is 2.44 bits per heavy atom. The van der Waals surface area contributed by atoms with Gasteiger partial charge in [0.25, 0.3) is 0 Å². The van der Waals surface area contributed by atoms with Crippen LogP contribution < -0.4 is 5.73 Å². The van der Waals surface area contributed by atoms with Crippen molar-refractivity contribution in [3.05, 3.63) is 23.5 Å². The van der Waals surface area contributed by atoms with Crippen molar-refractivity contribution in [2.45, 2.75) is 38.8 Å². The Hall–Kier alpha value is -0.610. The number of hydrogen-bond donors (Lipinski definition) is 1. The average molecular weight is 240 g/mol. The number of aryl methyl sites for hydroxylation is 1.